The smallest absolute Gasteiger partial charge is 0.329 e. The minimum absolute atomic E-state index is 0.168. The number of carboxylic acids is 1. The van der Waals surface area contributed by atoms with Gasteiger partial charge in [0.2, 0.25) is 0 Å². The van der Waals surface area contributed by atoms with E-state index in [1.54, 1.807) is 0 Å². The predicted octanol–water partition coefficient (Wildman–Crippen LogP) is 2.29. The van der Waals surface area contributed by atoms with Gasteiger partial charge in [0.1, 0.15) is 5.54 Å². The van der Waals surface area contributed by atoms with Crippen LogP contribution in [0.1, 0.15) is 32.3 Å². The summed E-state index contributed by atoms with van der Waals surface area (Å²) in [5.74, 6) is -0.868. The minimum atomic E-state index is -1.24. The molecule has 0 fully saturated rings. The minimum Gasteiger partial charge on any atom is -0.480 e. The molecule has 0 aromatic heterocycles. The Bertz CT molecular complexity index is 471. The van der Waals surface area contributed by atoms with Crippen LogP contribution in [0.15, 0.2) is 30.3 Å². The number of nitrogens with one attached hydrogen (secondary N) is 1. The van der Waals surface area contributed by atoms with E-state index in [0.717, 1.165) is 5.56 Å². The van der Waals surface area contributed by atoms with Gasteiger partial charge in [0.15, 0.2) is 0 Å². The molecule has 1 aromatic rings. The van der Waals surface area contributed by atoms with Gasteiger partial charge in [0.25, 0.3) is 0 Å². The second kappa shape index (κ2) is 6.41. The summed E-state index contributed by atoms with van der Waals surface area (Å²) in [5, 5.41) is 11.9. The number of aliphatic carboxylic acids is 1. The Hall–Kier alpha value is -2.04. The second-order valence-corrected chi connectivity index (χ2v) is 5.42. The van der Waals surface area contributed by atoms with Gasteiger partial charge in [-0.05, 0) is 25.3 Å². The highest BCUT2D eigenvalue weighted by atomic mass is 16.4. The summed E-state index contributed by atoms with van der Waals surface area (Å²) in [5.41, 5.74) is -0.104. The third-order valence-electron chi connectivity index (χ3n) is 3.59. The Morgan fingerprint density at radius 2 is 1.85 bits per heavy atom. The highest BCUT2D eigenvalue weighted by Crippen LogP contribution is 2.15. The Morgan fingerprint density at radius 3 is 2.35 bits per heavy atom. The molecule has 2 amide bonds. The van der Waals surface area contributed by atoms with Gasteiger partial charge in [-0.1, -0.05) is 37.3 Å². The number of rotatable bonds is 5. The van der Waals surface area contributed by atoms with Crippen LogP contribution < -0.4 is 5.32 Å². The molecule has 1 unspecified atom stereocenters. The normalized spacial score (nSPS) is 12.6. The summed E-state index contributed by atoms with van der Waals surface area (Å²) in [6.45, 7) is 5.46. The van der Waals surface area contributed by atoms with Gasteiger partial charge < -0.3 is 15.3 Å². The molecule has 5 nitrogen and oxygen atoms in total. The van der Waals surface area contributed by atoms with E-state index in [1.165, 1.54) is 25.8 Å². The van der Waals surface area contributed by atoms with Gasteiger partial charge >= 0.3 is 12.0 Å². The van der Waals surface area contributed by atoms with Crippen molar-refractivity contribution in [3.8, 4) is 0 Å². The van der Waals surface area contributed by atoms with Crippen LogP contribution in [-0.4, -0.2) is 41.1 Å². The second-order valence-electron chi connectivity index (χ2n) is 5.42. The molecule has 1 aromatic carbocycles. The van der Waals surface area contributed by atoms with E-state index in [1.807, 2.05) is 37.3 Å². The number of carbonyl (C=O) groups is 2. The van der Waals surface area contributed by atoms with Crippen molar-refractivity contribution >= 4 is 12.0 Å². The fourth-order valence-corrected chi connectivity index (χ4v) is 1.66. The largest absolute Gasteiger partial charge is 0.480 e. The zero-order valence-corrected chi connectivity index (χ0v) is 12.4. The van der Waals surface area contributed by atoms with Crippen molar-refractivity contribution in [1.82, 2.24) is 10.2 Å². The molecule has 2 N–H and O–H groups in total. The molecule has 0 aliphatic carbocycles. The van der Waals surface area contributed by atoms with Crippen LogP contribution in [0.2, 0.25) is 0 Å². The van der Waals surface area contributed by atoms with E-state index in [9.17, 15) is 9.59 Å². The Kier molecular flexibility index (Phi) is 5.13. The quantitative estimate of drug-likeness (QED) is 0.868. The fraction of sp³-hybridized carbons (Fsp3) is 0.467. The van der Waals surface area contributed by atoms with E-state index < -0.39 is 11.5 Å². The molecule has 0 aliphatic heterocycles. The monoisotopic (exact) mass is 278 g/mol. The van der Waals surface area contributed by atoms with Crippen LogP contribution in [0.3, 0.4) is 0 Å². The molecule has 0 radical (unpaired) electrons. The molecular formula is C15H22N2O3. The van der Waals surface area contributed by atoms with Crippen LogP contribution in [0.5, 0.6) is 0 Å². The van der Waals surface area contributed by atoms with E-state index >= 15 is 0 Å². The first-order valence-electron chi connectivity index (χ1n) is 6.56. The van der Waals surface area contributed by atoms with E-state index in [-0.39, 0.29) is 11.9 Å². The van der Waals surface area contributed by atoms with E-state index in [4.69, 9.17) is 5.11 Å². The van der Waals surface area contributed by atoms with E-state index in [2.05, 4.69) is 5.32 Å². The fourth-order valence-electron chi connectivity index (χ4n) is 1.66. The number of carboxylic acid groups (broad SMARTS) is 1. The summed E-state index contributed by atoms with van der Waals surface area (Å²) in [7, 11) is 1.48. The van der Waals surface area contributed by atoms with Crippen molar-refractivity contribution in [2.45, 2.75) is 32.2 Å². The lowest BCUT2D eigenvalue weighted by atomic mass is 10.0. The molecule has 0 saturated heterocycles. The van der Waals surface area contributed by atoms with Crippen LogP contribution in [0.25, 0.3) is 0 Å². The number of hydrogen-bond acceptors (Lipinski definition) is 2. The van der Waals surface area contributed by atoms with E-state index in [0.29, 0.717) is 6.54 Å². The van der Waals surface area contributed by atoms with Gasteiger partial charge in [-0.3, -0.25) is 0 Å². The van der Waals surface area contributed by atoms with Crippen LogP contribution in [0.4, 0.5) is 4.79 Å². The van der Waals surface area contributed by atoms with Crippen LogP contribution >= 0.6 is 0 Å². The first-order chi connectivity index (χ1) is 9.26. The summed E-state index contributed by atoms with van der Waals surface area (Å²) < 4.78 is 0. The molecule has 0 heterocycles. The maximum absolute atomic E-state index is 12.0. The van der Waals surface area contributed by atoms with Gasteiger partial charge in [-0.2, -0.15) is 0 Å². The number of amides is 2. The first-order valence-corrected chi connectivity index (χ1v) is 6.56. The summed E-state index contributed by atoms with van der Waals surface area (Å²) >= 11 is 0. The lowest BCUT2D eigenvalue weighted by Gasteiger charge is -2.31. The maximum Gasteiger partial charge on any atom is 0.329 e. The van der Waals surface area contributed by atoms with Crippen LogP contribution in [0, 0.1) is 0 Å². The molecule has 1 atom stereocenters. The highest BCUT2D eigenvalue weighted by molar-refractivity contribution is 5.85. The van der Waals surface area contributed by atoms with Crippen molar-refractivity contribution in [2.24, 2.45) is 0 Å². The molecule has 110 valence electrons. The lowest BCUT2D eigenvalue weighted by Crippen LogP contribution is -2.54. The van der Waals surface area contributed by atoms with Crippen LogP contribution in [-0.2, 0) is 4.79 Å². The topological polar surface area (TPSA) is 69.6 Å². The van der Waals surface area contributed by atoms with Gasteiger partial charge in [-0.25, -0.2) is 9.59 Å². The molecule has 0 aliphatic rings. The standard InChI is InChI=1S/C15H22N2O3/c1-11(12-8-6-5-7-9-12)10-16-14(20)17(4)15(2,3)13(18)19/h5-9,11H,10H2,1-4H3,(H,16,20)(H,18,19). The Labute approximate surface area is 119 Å². The molecule has 0 bridgehead atoms. The number of hydrogen-bond donors (Lipinski definition) is 2. The van der Waals surface area contributed by atoms with Crippen molar-refractivity contribution in [2.75, 3.05) is 13.6 Å². The third-order valence-corrected chi connectivity index (χ3v) is 3.59. The van der Waals surface area contributed by atoms with Crippen molar-refractivity contribution in [3.63, 3.8) is 0 Å². The summed E-state index contributed by atoms with van der Waals surface area (Å²) in [6, 6.07) is 9.46. The summed E-state index contributed by atoms with van der Waals surface area (Å²) in [4.78, 5) is 24.3. The summed E-state index contributed by atoms with van der Waals surface area (Å²) in [6.07, 6.45) is 0. The maximum atomic E-state index is 12.0. The number of nitrogens with zero attached hydrogens (tertiary/aromatic N) is 1. The zero-order chi connectivity index (χ0) is 15.3. The number of likely N-dealkylation sites (N-methyl/N-ethyl adjacent to an activating group) is 1. The average molecular weight is 278 g/mol. The van der Waals surface area contributed by atoms with Gasteiger partial charge in [0, 0.05) is 13.6 Å². The number of carbonyl (C=O) groups excluding carboxylic acids is 1. The third kappa shape index (κ3) is 3.73. The molecule has 0 spiro atoms. The molecule has 5 heteroatoms. The van der Waals surface area contributed by atoms with Gasteiger partial charge in [-0.15, -0.1) is 0 Å². The Balaban J connectivity index is 2.58. The molecular weight excluding hydrogens is 256 g/mol. The number of benzene rings is 1. The SMILES string of the molecule is CC(CNC(=O)N(C)C(C)(C)C(=O)O)c1ccccc1. The molecule has 0 saturated carbocycles. The van der Waals surface area contributed by atoms with Crippen molar-refractivity contribution in [3.05, 3.63) is 35.9 Å². The predicted molar refractivity (Wildman–Crippen MR) is 77.7 cm³/mol. The molecule has 1 rings (SSSR count). The molecule has 20 heavy (non-hydrogen) atoms. The van der Waals surface area contributed by atoms with Crippen molar-refractivity contribution in [1.29, 1.82) is 0 Å². The van der Waals surface area contributed by atoms with Crippen molar-refractivity contribution < 1.29 is 14.7 Å². The lowest BCUT2D eigenvalue weighted by molar-refractivity contribution is -0.146. The Morgan fingerprint density at radius 1 is 1.30 bits per heavy atom. The van der Waals surface area contributed by atoms with Gasteiger partial charge in [0.05, 0.1) is 0 Å². The first kappa shape index (κ1) is 16.0. The zero-order valence-electron chi connectivity index (χ0n) is 12.4. The number of urea groups is 1. The average Bonchev–Trinajstić information content (AvgIpc) is 2.44. The highest BCUT2D eigenvalue weighted by Gasteiger charge is 2.35.